The molecule has 0 aliphatic heterocycles. The maximum atomic E-state index is 13.3. The van der Waals surface area contributed by atoms with Crippen molar-refractivity contribution in [1.29, 1.82) is 0 Å². The Hall–Kier alpha value is -2.61. The predicted molar refractivity (Wildman–Crippen MR) is 81.7 cm³/mol. The lowest BCUT2D eigenvalue weighted by molar-refractivity contribution is 0.0693. The molecule has 8 heteroatoms. The van der Waals surface area contributed by atoms with Crippen LogP contribution >= 0.6 is 0 Å². The number of nitrogens with one attached hydrogen (secondary N) is 1. The first-order valence-electron chi connectivity index (χ1n) is 6.47. The van der Waals surface area contributed by atoms with Gasteiger partial charge < -0.3 is 10.2 Å². The summed E-state index contributed by atoms with van der Waals surface area (Å²) < 4.78 is 40.3. The summed E-state index contributed by atoms with van der Waals surface area (Å²) in [5.74, 6) is -2.96. The molecule has 0 aliphatic rings. The van der Waals surface area contributed by atoms with E-state index in [1.807, 2.05) is 0 Å². The molecule has 0 amide bonds. The molecule has 2 rings (SSSR count). The second-order valence-electron chi connectivity index (χ2n) is 5.03. The average molecular weight is 339 g/mol. The van der Waals surface area contributed by atoms with Crippen LogP contribution in [0.25, 0.3) is 0 Å². The zero-order valence-electron chi connectivity index (χ0n) is 12.3. The van der Waals surface area contributed by atoms with Gasteiger partial charge in [-0.1, -0.05) is 6.07 Å². The molecule has 3 N–H and O–H groups in total. The van der Waals surface area contributed by atoms with E-state index in [9.17, 15) is 22.7 Å². The molecular formula is C15H14FNO5S. The topological polar surface area (TPSA) is 104 Å². The van der Waals surface area contributed by atoms with Crippen molar-refractivity contribution >= 4 is 21.7 Å². The van der Waals surface area contributed by atoms with Crippen molar-refractivity contribution < 1.29 is 27.8 Å². The van der Waals surface area contributed by atoms with E-state index < -0.39 is 38.0 Å². The van der Waals surface area contributed by atoms with Crippen LogP contribution in [0.2, 0.25) is 0 Å². The third-order valence-corrected chi connectivity index (χ3v) is 4.56. The number of aromatic hydroxyl groups is 1. The molecule has 0 aliphatic carbocycles. The van der Waals surface area contributed by atoms with Crippen LogP contribution in [0.4, 0.5) is 10.1 Å². The zero-order chi connectivity index (χ0) is 17.4. The van der Waals surface area contributed by atoms with Gasteiger partial charge in [-0.25, -0.2) is 17.6 Å². The number of anilines is 1. The van der Waals surface area contributed by atoms with Gasteiger partial charge in [0.2, 0.25) is 0 Å². The molecule has 23 heavy (non-hydrogen) atoms. The van der Waals surface area contributed by atoms with E-state index in [-0.39, 0.29) is 5.69 Å². The maximum Gasteiger partial charge on any atom is 0.339 e. The van der Waals surface area contributed by atoms with Gasteiger partial charge in [-0.3, -0.25) is 4.72 Å². The number of hydrogen-bond donors (Lipinski definition) is 3. The van der Waals surface area contributed by atoms with E-state index in [2.05, 4.69) is 4.72 Å². The lowest BCUT2D eigenvalue weighted by Crippen LogP contribution is -2.15. The van der Waals surface area contributed by atoms with E-state index in [0.29, 0.717) is 11.1 Å². The predicted octanol–water partition coefficient (Wildman–Crippen LogP) is 2.65. The van der Waals surface area contributed by atoms with Crippen LogP contribution in [-0.2, 0) is 10.0 Å². The molecule has 0 radical (unpaired) electrons. The van der Waals surface area contributed by atoms with E-state index in [4.69, 9.17) is 5.11 Å². The quantitative estimate of drug-likeness (QED) is 0.794. The molecule has 0 heterocycles. The number of benzene rings is 2. The summed E-state index contributed by atoms with van der Waals surface area (Å²) in [5.41, 5.74) is 0.293. The fourth-order valence-electron chi connectivity index (χ4n) is 2.02. The second kappa shape index (κ2) is 5.88. The number of sulfonamides is 1. The molecule has 0 saturated carbocycles. The highest BCUT2D eigenvalue weighted by molar-refractivity contribution is 7.92. The van der Waals surface area contributed by atoms with Crippen molar-refractivity contribution in [3.05, 3.63) is 52.8 Å². The molecule has 0 bridgehead atoms. The van der Waals surface area contributed by atoms with Gasteiger partial charge in [-0.05, 0) is 49.2 Å². The van der Waals surface area contributed by atoms with Crippen LogP contribution in [0.1, 0.15) is 21.5 Å². The zero-order valence-corrected chi connectivity index (χ0v) is 13.1. The third kappa shape index (κ3) is 3.42. The van der Waals surface area contributed by atoms with Crippen molar-refractivity contribution in [2.24, 2.45) is 0 Å². The number of aromatic carboxylic acids is 1. The normalized spacial score (nSPS) is 11.3. The fourth-order valence-corrected chi connectivity index (χ4v) is 3.34. The minimum absolute atomic E-state index is 0.00258. The van der Waals surface area contributed by atoms with Crippen molar-refractivity contribution in [3.63, 3.8) is 0 Å². The summed E-state index contributed by atoms with van der Waals surface area (Å²) in [5, 5.41) is 19.0. The van der Waals surface area contributed by atoms with Crippen LogP contribution in [0, 0.1) is 19.7 Å². The summed E-state index contributed by atoms with van der Waals surface area (Å²) in [6.45, 7) is 3.08. The number of carboxylic acid groups (broad SMARTS) is 1. The largest absolute Gasteiger partial charge is 0.506 e. The molecule has 0 saturated heterocycles. The van der Waals surface area contributed by atoms with E-state index in [1.54, 1.807) is 6.92 Å². The lowest BCUT2D eigenvalue weighted by Gasteiger charge is -2.13. The highest BCUT2D eigenvalue weighted by atomic mass is 32.2. The van der Waals surface area contributed by atoms with Crippen molar-refractivity contribution in [2.75, 3.05) is 4.72 Å². The van der Waals surface area contributed by atoms with Gasteiger partial charge >= 0.3 is 5.97 Å². The molecular weight excluding hydrogens is 325 g/mol. The summed E-state index contributed by atoms with van der Waals surface area (Å²) in [7, 11) is -4.29. The first kappa shape index (κ1) is 16.8. The molecule has 0 aromatic heterocycles. The number of phenols is 1. The van der Waals surface area contributed by atoms with Crippen LogP contribution in [0.15, 0.2) is 35.2 Å². The summed E-state index contributed by atoms with van der Waals surface area (Å²) in [4.78, 5) is 10.5. The van der Waals surface area contributed by atoms with Gasteiger partial charge in [-0.15, -0.1) is 0 Å². The standard InChI is InChI=1S/C15H14FNO5S/c1-8-5-11(15(19)20)14(18)13(6-8)23(21,22)17-12-7-10(16)4-3-9(12)2/h3-7,17-18H,1-2H3,(H,19,20). The number of hydrogen-bond acceptors (Lipinski definition) is 4. The van der Waals surface area contributed by atoms with Crippen LogP contribution in [-0.4, -0.2) is 24.6 Å². The van der Waals surface area contributed by atoms with Gasteiger partial charge in [0, 0.05) is 0 Å². The summed E-state index contributed by atoms with van der Waals surface area (Å²) in [6.07, 6.45) is 0. The Morgan fingerprint density at radius 3 is 2.43 bits per heavy atom. The second-order valence-corrected chi connectivity index (χ2v) is 6.68. The van der Waals surface area contributed by atoms with Gasteiger partial charge in [0.25, 0.3) is 10.0 Å². The molecule has 2 aromatic carbocycles. The molecule has 0 atom stereocenters. The Bertz CT molecular complexity index is 893. The summed E-state index contributed by atoms with van der Waals surface area (Å²) >= 11 is 0. The molecule has 0 fully saturated rings. The highest BCUT2D eigenvalue weighted by Crippen LogP contribution is 2.30. The van der Waals surface area contributed by atoms with Crippen LogP contribution in [0.5, 0.6) is 5.75 Å². The Kier molecular flexibility index (Phi) is 4.28. The van der Waals surface area contributed by atoms with Gasteiger partial charge in [0.05, 0.1) is 5.69 Å². The smallest absolute Gasteiger partial charge is 0.339 e. The van der Waals surface area contributed by atoms with Crippen molar-refractivity contribution in [3.8, 4) is 5.75 Å². The molecule has 2 aromatic rings. The SMILES string of the molecule is Cc1cc(C(=O)O)c(O)c(S(=O)(=O)Nc2cc(F)ccc2C)c1. The summed E-state index contributed by atoms with van der Waals surface area (Å²) in [6, 6.07) is 5.87. The van der Waals surface area contributed by atoms with Gasteiger partial charge in [0.15, 0.2) is 5.75 Å². The fraction of sp³-hybridized carbons (Fsp3) is 0.133. The van der Waals surface area contributed by atoms with Crippen molar-refractivity contribution in [2.45, 2.75) is 18.7 Å². The minimum Gasteiger partial charge on any atom is -0.506 e. The lowest BCUT2D eigenvalue weighted by atomic mass is 10.1. The Morgan fingerprint density at radius 2 is 1.83 bits per heavy atom. The number of halogens is 1. The number of carbonyl (C=O) groups is 1. The number of rotatable bonds is 4. The minimum atomic E-state index is -4.29. The van der Waals surface area contributed by atoms with Gasteiger partial charge in [-0.2, -0.15) is 0 Å². The molecule has 6 nitrogen and oxygen atoms in total. The van der Waals surface area contributed by atoms with E-state index in [0.717, 1.165) is 18.2 Å². The molecule has 0 unspecified atom stereocenters. The Morgan fingerprint density at radius 1 is 1.17 bits per heavy atom. The highest BCUT2D eigenvalue weighted by Gasteiger charge is 2.24. The number of carboxylic acids is 1. The maximum absolute atomic E-state index is 13.3. The third-order valence-electron chi connectivity index (χ3n) is 3.18. The van der Waals surface area contributed by atoms with E-state index in [1.165, 1.54) is 19.1 Å². The monoisotopic (exact) mass is 339 g/mol. The van der Waals surface area contributed by atoms with Crippen LogP contribution < -0.4 is 4.72 Å². The van der Waals surface area contributed by atoms with E-state index >= 15 is 0 Å². The number of aryl methyl sites for hydroxylation is 2. The average Bonchev–Trinajstić information content (AvgIpc) is 2.44. The molecule has 122 valence electrons. The first-order valence-corrected chi connectivity index (χ1v) is 7.96. The van der Waals surface area contributed by atoms with Gasteiger partial charge in [0.1, 0.15) is 16.3 Å². The Balaban J connectivity index is 2.56. The van der Waals surface area contributed by atoms with Crippen LogP contribution in [0.3, 0.4) is 0 Å². The first-order chi connectivity index (χ1) is 10.6. The Labute approximate surface area is 132 Å². The molecule has 0 spiro atoms. The van der Waals surface area contributed by atoms with Crippen molar-refractivity contribution in [1.82, 2.24) is 0 Å².